The minimum atomic E-state index is -1.83. The number of hydrogen-bond donors (Lipinski definition) is 0. The molecule has 0 spiro atoms. The zero-order valence-electron chi connectivity index (χ0n) is 21.5. The van der Waals surface area contributed by atoms with Crippen molar-refractivity contribution in [3.8, 4) is 23.3 Å². The molecule has 0 N–H and O–H groups in total. The van der Waals surface area contributed by atoms with Gasteiger partial charge in [0.05, 0.1) is 0 Å². The van der Waals surface area contributed by atoms with Crippen molar-refractivity contribution >= 4 is 35.5 Å². The van der Waals surface area contributed by atoms with E-state index < -0.39 is 8.07 Å². The molecule has 0 aliphatic rings. The summed E-state index contributed by atoms with van der Waals surface area (Å²) in [7, 11) is -1.83. The third-order valence-electron chi connectivity index (χ3n) is 6.19. The van der Waals surface area contributed by atoms with E-state index in [2.05, 4.69) is 80.8 Å². The number of allylic oxidation sites excluding steroid dienone is 1. The molecule has 0 aromatic heterocycles. The molecule has 0 unspecified atom stereocenters. The molecule has 2 nitrogen and oxygen atoms in total. The highest BCUT2D eigenvalue weighted by molar-refractivity contribution is 9.10. The Morgan fingerprint density at radius 1 is 0.844 bits per heavy atom. The van der Waals surface area contributed by atoms with Crippen LogP contribution in [-0.4, -0.2) is 31.0 Å². The summed E-state index contributed by atoms with van der Waals surface area (Å²) >= 11 is 3.48. The first-order valence-corrected chi connectivity index (χ1v) is 14.7. The van der Waals surface area contributed by atoms with Gasteiger partial charge in [-0.2, -0.15) is 0 Å². The van der Waals surface area contributed by atoms with Crippen molar-refractivity contribution in [2.45, 2.75) is 97.9 Å². The smallest absolute Gasteiger partial charge is 0.248 e. The summed E-state index contributed by atoms with van der Waals surface area (Å²) in [6, 6.07) is 8.14. The molecule has 32 heavy (non-hydrogen) atoms. The number of carbonyl (C=O) groups is 1. The van der Waals surface area contributed by atoms with E-state index >= 15 is 0 Å². The van der Waals surface area contributed by atoms with Crippen molar-refractivity contribution in [2.75, 3.05) is 0 Å². The van der Waals surface area contributed by atoms with Gasteiger partial charge in [-0.05, 0) is 73.9 Å². The highest BCUT2D eigenvalue weighted by Crippen LogP contribution is 2.40. The first-order valence-electron chi connectivity index (χ1n) is 11.7. The summed E-state index contributed by atoms with van der Waals surface area (Å²) in [4.78, 5) is 15.0. The summed E-state index contributed by atoms with van der Waals surface area (Å²) in [5.41, 5.74) is 6.95. The van der Waals surface area contributed by atoms with Crippen LogP contribution in [0.15, 0.2) is 34.8 Å². The van der Waals surface area contributed by atoms with E-state index in [1.54, 1.807) is 6.08 Å². The van der Waals surface area contributed by atoms with Gasteiger partial charge < -0.3 is 4.90 Å². The van der Waals surface area contributed by atoms with Crippen LogP contribution in [0.3, 0.4) is 0 Å². The van der Waals surface area contributed by atoms with Crippen LogP contribution in [0.25, 0.3) is 5.57 Å². The minimum Gasteiger partial charge on any atom is -0.334 e. The average molecular weight is 515 g/mol. The highest BCUT2D eigenvalue weighted by Gasteiger charge is 2.41. The maximum Gasteiger partial charge on any atom is 0.248 e. The summed E-state index contributed by atoms with van der Waals surface area (Å²) in [6.45, 7) is 21.9. The second-order valence-electron chi connectivity index (χ2n) is 9.90. The number of rotatable bonds is 7. The molecule has 4 heteroatoms. The third-order valence-corrected chi connectivity index (χ3v) is 13.0. The highest BCUT2D eigenvalue weighted by atomic mass is 79.9. The molecule has 0 atom stereocenters. The largest absolute Gasteiger partial charge is 0.334 e. The number of benzene rings is 1. The predicted octanol–water partition coefficient (Wildman–Crippen LogP) is 7.70. The Labute approximate surface area is 206 Å². The maximum atomic E-state index is 13.1. The van der Waals surface area contributed by atoms with Gasteiger partial charge in [-0.1, -0.05) is 75.5 Å². The van der Waals surface area contributed by atoms with Gasteiger partial charge in [0, 0.05) is 28.2 Å². The molecule has 1 rings (SSSR count). The third kappa shape index (κ3) is 7.13. The first kappa shape index (κ1) is 28.3. The number of carbonyl (C=O) groups excluding carboxylic acids is 1. The number of halogens is 1. The molecule has 0 saturated carbocycles. The monoisotopic (exact) mass is 513 g/mol. The Morgan fingerprint density at radius 2 is 1.31 bits per heavy atom. The zero-order chi connectivity index (χ0) is 24.6. The van der Waals surface area contributed by atoms with Gasteiger partial charge in [0.25, 0.3) is 0 Å². The van der Waals surface area contributed by atoms with Gasteiger partial charge in [0.15, 0.2) is 0 Å². The van der Waals surface area contributed by atoms with Crippen LogP contribution in [0.4, 0.5) is 0 Å². The van der Waals surface area contributed by atoms with Gasteiger partial charge >= 0.3 is 0 Å². The second-order valence-corrected chi connectivity index (χ2v) is 16.4. The van der Waals surface area contributed by atoms with Crippen molar-refractivity contribution in [3.63, 3.8) is 0 Å². The molecule has 1 amide bonds. The number of amides is 1. The van der Waals surface area contributed by atoms with E-state index in [1.165, 1.54) is 0 Å². The Morgan fingerprint density at radius 3 is 1.72 bits per heavy atom. The van der Waals surface area contributed by atoms with E-state index in [4.69, 9.17) is 0 Å². The van der Waals surface area contributed by atoms with Crippen molar-refractivity contribution in [2.24, 2.45) is 0 Å². The fourth-order valence-corrected chi connectivity index (χ4v) is 10.2. The summed E-state index contributed by atoms with van der Waals surface area (Å²) < 4.78 is 0.993. The van der Waals surface area contributed by atoms with Crippen LogP contribution >= 0.6 is 15.9 Å². The van der Waals surface area contributed by atoms with Crippen molar-refractivity contribution in [1.82, 2.24) is 4.90 Å². The molecule has 174 valence electrons. The molecule has 0 radical (unpaired) electrons. The Hall–Kier alpha value is -1.75. The topological polar surface area (TPSA) is 20.3 Å². The van der Waals surface area contributed by atoms with Crippen LogP contribution in [-0.2, 0) is 4.79 Å². The normalized spacial score (nSPS) is 12.2. The predicted molar refractivity (Wildman–Crippen MR) is 146 cm³/mol. The van der Waals surface area contributed by atoms with E-state index in [9.17, 15) is 4.79 Å². The SMILES string of the molecule is CC(C)N(C(=O)/C=C(/C#CC#C[Si](C(C)C)(C(C)C)C(C)C)c1ccc(Br)cc1)C(C)C. The summed E-state index contributed by atoms with van der Waals surface area (Å²) in [5.74, 6) is 9.48. The molecule has 1 aromatic rings. The van der Waals surface area contributed by atoms with Crippen LogP contribution in [0.2, 0.25) is 16.6 Å². The molecule has 0 heterocycles. The Balaban J connectivity index is 3.50. The number of nitrogens with zero attached hydrogens (tertiary/aromatic N) is 1. The lowest BCUT2D eigenvalue weighted by Crippen LogP contribution is -2.43. The molecule has 0 saturated heterocycles. The Bertz CT molecular complexity index is 888. The minimum absolute atomic E-state index is 0.0227. The maximum absolute atomic E-state index is 13.1. The molecule has 0 aliphatic heterocycles. The second kappa shape index (κ2) is 12.5. The molecule has 0 aliphatic carbocycles. The standard InChI is InChI=1S/C28H40BrNOSi/c1-20(2)30(21(3)4)28(31)19-26(25-14-16-27(29)17-15-25)13-11-12-18-32(22(5)6,23(7)8)24(9)10/h14-17,19-24H,1-10H3/b26-19-. The average Bonchev–Trinajstić information content (AvgIpc) is 2.66. The fraction of sp³-hybridized carbons (Fsp3) is 0.536. The quantitative estimate of drug-likeness (QED) is 0.207. The van der Waals surface area contributed by atoms with Crippen LogP contribution in [0, 0.1) is 23.3 Å². The molecule has 0 fully saturated rings. The van der Waals surface area contributed by atoms with Crippen molar-refractivity contribution in [3.05, 3.63) is 40.4 Å². The van der Waals surface area contributed by atoms with Crippen molar-refractivity contribution in [1.29, 1.82) is 0 Å². The lowest BCUT2D eigenvalue weighted by Gasteiger charge is -2.37. The fourth-order valence-electron chi connectivity index (χ4n) is 4.80. The number of hydrogen-bond acceptors (Lipinski definition) is 1. The van der Waals surface area contributed by atoms with Crippen molar-refractivity contribution < 1.29 is 4.79 Å². The molecular formula is C28H40BrNOSi. The van der Waals surface area contributed by atoms with E-state index in [-0.39, 0.29) is 18.0 Å². The summed E-state index contributed by atoms with van der Waals surface area (Å²) in [5, 5.41) is 0. The molecule has 1 aromatic carbocycles. The first-order chi connectivity index (χ1) is 14.8. The van der Waals surface area contributed by atoms with E-state index in [0.29, 0.717) is 22.2 Å². The van der Waals surface area contributed by atoms with E-state index in [1.807, 2.05) is 56.9 Å². The van der Waals surface area contributed by atoms with Gasteiger partial charge in [-0.3, -0.25) is 4.79 Å². The Kier molecular flexibility index (Phi) is 11.0. The lowest BCUT2D eigenvalue weighted by atomic mass is 10.1. The van der Waals surface area contributed by atoms with E-state index in [0.717, 1.165) is 10.0 Å². The van der Waals surface area contributed by atoms with Gasteiger partial charge in [-0.25, -0.2) is 0 Å². The van der Waals surface area contributed by atoms with Crippen LogP contribution < -0.4 is 0 Å². The lowest BCUT2D eigenvalue weighted by molar-refractivity contribution is -0.129. The van der Waals surface area contributed by atoms with Gasteiger partial charge in [0.2, 0.25) is 5.91 Å². The summed E-state index contributed by atoms with van der Waals surface area (Å²) in [6.07, 6.45) is 1.66. The van der Waals surface area contributed by atoms with Crippen LogP contribution in [0.1, 0.15) is 74.8 Å². The van der Waals surface area contributed by atoms with Gasteiger partial charge in [-0.15, -0.1) is 5.54 Å². The molecule has 0 bridgehead atoms. The van der Waals surface area contributed by atoms with Crippen LogP contribution in [0.5, 0.6) is 0 Å². The molecular weight excluding hydrogens is 474 g/mol. The van der Waals surface area contributed by atoms with Gasteiger partial charge in [0.1, 0.15) is 8.07 Å². The zero-order valence-corrected chi connectivity index (χ0v) is 24.1.